The molecule has 1 saturated heterocycles. The van der Waals surface area contributed by atoms with E-state index in [1.807, 2.05) is 24.1 Å². The van der Waals surface area contributed by atoms with Gasteiger partial charge in [-0.2, -0.15) is 0 Å². The molecular weight excluding hydrogens is 384 g/mol. The lowest BCUT2D eigenvalue weighted by Gasteiger charge is -2.39. The summed E-state index contributed by atoms with van der Waals surface area (Å²) in [5.41, 5.74) is 3.95. The second kappa shape index (κ2) is 9.15. The van der Waals surface area contributed by atoms with Crippen LogP contribution in [0.25, 0.3) is 0 Å². The monoisotopic (exact) mass is 408 g/mol. The van der Waals surface area contributed by atoms with Gasteiger partial charge in [-0.1, -0.05) is 71.8 Å². The summed E-state index contributed by atoms with van der Waals surface area (Å²) in [6.07, 6.45) is 0. The fourth-order valence-corrected chi connectivity index (χ4v) is 4.72. The first-order valence-electron chi connectivity index (χ1n) is 9.73. The van der Waals surface area contributed by atoms with Crippen LogP contribution in [0.2, 0.25) is 5.02 Å². The van der Waals surface area contributed by atoms with Crippen molar-refractivity contribution in [2.45, 2.75) is 17.9 Å². The van der Waals surface area contributed by atoms with Crippen LogP contribution in [0.3, 0.4) is 0 Å². The van der Waals surface area contributed by atoms with Crippen molar-refractivity contribution in [3.63, 3.8) is 0 Å². The predicted molar refractivity (Wildman–Crippen MR) is 120 cm³/mol. The minimum Gasteiger partial charge on any atom is -0.290 e. The first kappa shape index (κ1) is 19.5. The number of benzene rings is 3. The lowest BCUT2D eigenvalue weighted by atomic mass is 9.96. The lowest BCUT2D eigenvalue weighted by Crippen LogP contribution is -2.45. The molecule has 0 radical (unpaired) electrons. The first-order chi connectivity index (χ1) is 13.7. The fourth-order valence-electron chi connectivity index (χ4n) is 3.70. The van der Waals surface area contributed by atoms with Crippen molar-refractivity contribution in [3.8, 4) is 0 Å². The van der Waals surface area contributed by atoms with Crippen molar-refractivity contribution < 1.29 is 0 Å². The van der Waals surface area contributed by atoms with Crippen molar-refractivity contribution in [3.05, 3.63) is 101 Å². The molecule has 0 amide bonds. The minimum atomic E-state index is 0.269. The third kappa shape index (κ3) is 4.79. The molecule has 1 heterocycles. The van der Waals surface area contributed by atoms with Crippen molar-refractivity contribution in [2.75, 3.05) is 26.2 Å². The van der Waals surface area contributed by atoms with E-state index in [0.717, 1.165) is 31.2 Å². The van der Waals surface area contributed by atoms with Gasteiger partial charge in [0.1, 0.15) is 0 Å². The maximum Gasteiger partial charge on any atom is 0.0602 e. The quantitative estimate of drug-likeness (QED) is 0.473. The van der Waals surface area contributed by atoms with E-state index in [9.17, 15) is 0 Å². The van der Waals surface area contributed by atoms with E-state index >= 15 is 0 Å². The summed E-state index contributed by atoms with van der Waals surface area (Å²) in [7, 11) is 0. The lowest BCUT2D eigenvalue weighted by molar-refractivity contribution is 0.162. The molecule has 0 saturated carbocycles. The number of rotatable bonds is 5. The van der Waals surface area contributed by atoms with Crippen LogP contribution in [0.15, 0.2) is 83.8 Å². The van der Waals surface area contributed by atoms with Gasteiger partial charge in [0, 0.05) is 36.1 Å². The van der Waals surface area contributed by atoms with Crippen LogP contribution in [-0.4, -0.2) is 35.4 Å². The molecule has 144 valence electrons. The number of hydrogen-bond acceptors (Lipinski definition) is 3. The largest absolute Gasteiger partial charge is 0.290 e. The SMILES string of the molecule is Cc1ccc(SN2CCN(C(c3ccccc3)c3ccc(Cl)cc3)CC2)cc1. The number of piperazine rings is 1. The highest BCUT2D eigenvalue weighted by Crippen LogP contribution is 2.32. The molecular formula is C24H25ClN2S. The van der Waals surface area contributed by atoms with Gasteiger partial charge in [-0.15, -0.1) is 0 Å². The third-order valence-corrected chi connectivity index (χ3v) is 6.55. The molecule has 3 aromatic rings. The second-order valence-electron chi connectivity index (χ2n) is 7.23. The Labute approximate surface area is 177 Å². The van der Waals surface area contributed by atoms with Gasteiger partial charge in [0.15, 0.2) is 0 Å². The van der Waals surface area contributed by atoms with E-state index in [0.29, 0.717) is 0 Å². The number of aryl methyl sites for hydroxylation is 1. The van der Waals surface area contributed by atoms with Gasteiger partial charge in [0.25, 0.3) is 0 Å². The fraction of sp³-hybridized carbons (Fsp3) is 0.250. The van der Waals surface area contributed by atoms with Crippen molar-refractivity contribution in [1.29, 1.82) is 0 Å². The van der Waals surface area contributed by atoms with Gasteiger partial charge in [0.05, 0.1) is 6.04 Å². The zero-order valence-electron chi connectivity index (χ0n) is 16.1. The van der Waals surface area contributed by atoms with Crippen LogP contribution in [0, 0.1) is 6.92 Å². The maximum atomic E-state index is 6.13. The predicted octanol–water partition coefficient (Wildman–Crippen LogP) is 6.06. The molecule has 0 aromatic heterocycles. The average Bonchev–Trinajstić information content (AvgIpc) is 2.73. The molecule has 4 heteroatoms. The Hall–Kier alpha value is -1.78. The normalized spacial score (nSPS) is 16.8. The molecule has 28 heavy (non-hydrogen) atoms. The van der Waals surface area contributed by atoms with E-state index < -0.39 is 0 Å². The molecule has 1 atom stereocenters. The molecule has 0 aliphatic carbocycles. The van der Waals surface area contributed by atoms with E-state index in [1.54, 1.807) is 0 Å². The summed E-state index contributed by atoms with van der Waals surface area (Å²) in [6.45, 7) is 6.32. The highest BCUT2D eigenvalue weighted by atomic mass is 35.5. The van der Waals surface area contributed by atoms with Crippen LogP contribution in [0.4, 0.5) is 0 Å². The summed E-state index contributed by atoms with van der Waals surface area (Å²) in [6, 6.07) is 28.2. The Balaban J connectivity index is 1.48. The summed E-state index contributed by atoms with van der Waals surface area (Å²) in [5.74, 6) is 0. The highest BCUT2D eigenvalue weighted by molar-refractivity contribution is 7.97. The standard InChI is InChI=1S/C24H25ClN2S/c1-19-7-13-23(14-8-19)28-27-17-15-26(16-18-27)24(20-5-3-2-4-6-20)21-9-11-22(25)12-10-21/h2-14,24H,15-18H2,1H3. The first-order valence-corrected chi connectivity index (χ1v) is 10.9. The van der Waals surface area contributed by atoms with Crippen molar-refractivity contribution in [2.24, 2.45) is 0 Å². The Morgan fingerprint density at radius 1 is 0.750 bits per heavy atom. The summed E-state index contributed by atoms with van der Waals surface area (Å²) in [4.78, 5) is 3.90. The van der Waals surface area contributed by atoms with Crippen LogP contribution in [0.1, 0.15) is 22.7 Å². The minimum absolute atomic E-state index is 0.269. The van der Waals surface area contributed by atoms with Gasteiger partial charge in [-0.25, -0.2) is 4.31 Å². The van der Waals surface area contributed by atoms with Gasteiger partial charge in [-0.05, 0) is 54.3 Å². The Kier molecular flexibility index (Phi) is 6.38. The second-order valence-corrected chi connectivity index (χ2v) is 8.84. The number of halogens is 1. The molecule has 0 bridgehead atoms. The van der Waals surface area contributed by atoms with Gasteiger partial charge in [0.2, 0.25) is 0 Å². The highest BCUT2D eigenvalue weighted by Gasteiger charge is 2.26. The smallest absolute Gasteiger partial charge is 0.0602 e. The van der Waals surface area contributed by atoms with Gasteiger partial charge < -0.3 is 0 Å². The van der Waals surface area contributed by atoms with Crippen molar-refractivity contribution in [1.82, 2.24) is 9.21 Å². The zero-order valence-corrected chi connectivity index (χ0v) is 17.7. The van der Waals surface area contributed by atoms with Crippen LogP contribution in [0.5, 0.6) is 0 Å². The number of hydrogen-bond donors (Lipinski definition) is 0. The molecule has 1 aliphatic rings. The molecule has 1 fully saturated rings. The average molecular weight is 409 g/mol. The molecule has 0 N–H and O–H groups in total. The third-order valence-electron chi connectivity index (χ3n) is 5.19. The summed E-state index contributed by atoms with van der Waals surface area (Å²) < 4.78 is 2.48. The van der Waals surface area contributed by atoms with E-state index in [-0.39, 0.29) is 6.04 Å². The Morgan fingerprint density at radius 3 is 2.00 bits per heavy atom. The molecule has 4 rings (SSSR count). The van der Waals surface area contributed by atoms with E-state index in [1.165, 1.54) is 21.6 Å². The maximum absolute atomic E-state index is 6.13. The summed E-state index contributed by atoms with van der Waals surface area (Å²) >= 11 is 8.00. The molecule has 0 spiro atoms. The molecule has 2 nitrogen and oxygen atoms in total. The zero-order chi connectivity index (χ0) is 19.3. The van der Waals surface area contributed by atoms with Gasteiger partial charge in [-0.3, -0.25) is 4.90 Å². The Morgan fingerprint density at radius 2 is 1.36 bits per heavy atom. The van der Waals surface area contributed by atoms with Crippen LogP contribution >= 0.6 is 23.5 Å². The van der Waals surface area contributed by atoms with Crippen molar-refractivity contribution >= 4 is 23.5 Å². The van der Waals surface area contributed by atoms with E-state index in [2.05, 4.69) is 82.9 Å². The molecule has 3 aromatic carbocycles. The molecule has 1 unspecified atom stereocenters. The number of nitrogens with zero attached hydrogens (tertiary/aromatic N) is 2. The van der Waals surface area contributed by atoms with Crippen LogP contribution in [-0.2, 0) is 0 Å². The summed E-state index contributed by atoms with van der Waals surface area (Å²) in [5, 5.41) is 0.787. The molecule has 1 aliphatic heterocycles. The van der Waals surface area contributed by atoms with Crippen LogP contribution < -0.4 is 0 Å². The topological polar surface area (TPSA) is 6.48 Å². The van der Waals surface area contributed by atoms with Gasteiger partial charge >= 0.3 is 0 Å². The Bertz CT molecular complexity index is 873. The van der Waals surface area contributed by atoms with E-state index in [4.69, 9.17) is 11.6 Å².